The van der Waals surface area contributed by atoms with Crippen LogP contribution in [0.25, 0.3) is 0 Å². The highest BCUT2D eigenvalue weighted by Gasteiger charge is 2.29. The van der Waals surface area contributed by atoms with Crippen molar-refractivity contribution in [3.8, 4) is 0 Å². The fourth-order valence-corrected chi connectivity index (χ4v) is 3.69. The maximum absolute atomic E-state index is 4.75. The summed E-state index contributed by atoms with van der Waals surface area (Å²) in [6.45, 7) is 9.21. The topological polar surface area (TPSA) is 22.6 Å². The van der Waals surface area contributed by atoms with E-state index in [2.05, 4.69) is 40.8 Å². The summed E-state index contributed by atoms with van der Waals surface area (Å²) in [6.07, 6.45) is 5.80. The van der Waals surface area contributed by atoms with Gasteiger partial charge in [-0.3, -0.25) is 4.90 Å². The van der Waals surface area contributed by atoms with Gasteiger partial charge < -0.3 is 9.80 Å². The second-order valence-corrected chi connectivity index (χ2v) is 6.40. The van der Waals surface area contributed by atoms with Crippen molar-refractivity contribution in [3.05, 3.63) is 23.9 Å². The molecule has 1 aromatic heterocycles. The van der Waals surface area contributed by atoms with E-state index >= 15 is 0 Å². The van der Waals surface area contributed by atoms with Gasteiger partial charge in [-0.05, 0) is 45.5 Å². The number of hydrogen-bond acceptors (Lipinski definition) is 4. The van der Waals surface area contributed by atoms with Gasteiger partial charge in [-0.25, -0.2) is 4.98 Å². The molecule has 0 amide bonds. The number of pyridine rings is 1. The van der Waals surface area contributed by atoms with Crippen LogP contribution in [0.5, 0.6) is 0 Å². The Morgan fingerprint density at radius 1 is 1.19 bits per heavy atom. The molecule has 3 heterocycles. The van der Waals surface area contributed by atoms with Gasteiger partial charge in [-0.15, -0.1) is 0 Å². The molecule has 1 aromatic rings. The zero-order valence-electron chi connectivity index (χ0n) is 13.5. The fourth-order valence-electron chi connectivity index (χ4n) is 3.69. The van der Waals surface area contributed by atoms with Crippen molar-refractivity contribution in [2.45, 2.75) is 32.2 Å². The molecule has 0 aliphatic carbocycles. The highest BCUT2D eigenvalue weighted by Crippen LogP contribution is 2.36. The Morgan fingerprint density at radius 2 is 2.00 bits per heavy atom. The Morgan fingerprint density at radius 3 is 2.76 bits per heavy atom. The van der Waals surface area contributed by atoms with Crippen LogP contribution >= 0.6 is 0 Å². The second kappa shape index (κ2) is 6.75. The first-order chi connectivity index (χ1) is 10.3. The van der Waals surface area contributed by atoms with Gasteiger partial charge in [0, 0.05) is 44.0 Å². The van der Waals surface area contributed by atoms with Crippen LogP contribution in [0, 0.1) is 0 Å². The van der Waals surface area contributed by atoms with Gasteiger partial charge in [0.25, 0.3) is 0 Å². The van der Waals surface area contributed by atoms with E-state index in [1.165, 1.54) is 43.7 Å². The van der Waals surface area contributed by atoms with Gasteiger partial charge in [0.2, 0.25) is 0 Å². The largest absolute Gasteiger partial charge is 0.354 e. The molecule has 4 nitrogen and oxygen atoms in total. The number of rotatable bonds is 4. The van der Waals surface area contributed by atoms with Crippen LogP contribution in [0.15, 0.2) is 18.3 Å². The summed E-state index contributed by atoms with van der Waals surface area (Å²) in [6, 6.07) is 4.99. The average Bonchev–Trinajstić information content (AvgIpc) is 2.97. The van der Waals surface area contributed by atoms with E-state index in [1.54, 1.807) is 0 Å². The molecular weight excluding hydrogens is 260 g/mol. The Balaban J connectivity index is 1.82. The first-order valence-corrected chi connectivity index (χ1v) is 8.42. The number of likely N-dealkylation sites (tertiary alicyclic amines) is 1. The molecule has 1 unspecified atom stereocenters. The van der Waals surface area contributed by atoms with Crippen molar-refractivity contribution in [2.75, 3.05) is 51.2 Å². The second-order valence-electron chi connectivity index (χ2n) is 6.40. The summed E-state index contributed by atoms with van der Waals surface area (Å²) in [7, 11) is 2.20. The molecule has 2 fully saturated rings. The lowest BCUT2D eigenvalue weighted by Crippen LogP contribution is -2.45. The minimum Gasteiger partial charge on any atom is -0.354 e. The quantitative estimate of drug-likeness (QED) is 0.848. The zero-order valence-corrected chi connectivity index (χ0v) is 13.5. The molecule has 21 heavy (non-hydrogen) atoms. The molecular formula is C17H28N4. The zero-order chi connectivity index (χ0) is 14.7. The maximum atomic E-state index is 4.75. The number of piperazine rings is 1. The summed E-state index contributed by atoms with van der Waals surface area (Å²) in [4.78, 5) is 12.3. The maximum Gasteiger partial charge on any atom is 0.133 e. The summed E-state index contributed by atoms with van der Waals surface area (Å²) >= 11 is 0. The number of hydrogen-bond donors (Lipinski definition) is 0. The van der Waals surface area contributed by atoms with Gasteiger partial charge in [0.15, 0.2) is 0 Å². The van der Waals surface area contributed by atoms with Crippen molar-refractivity contribution in [3.63, 3.8) is 0 Å². The lowest BCUT2D eigenvalue weighted by molar-refractivity contribution is 0.256. The summed E-state index contributed by atoms with van der Waals surface area (Å²) in [5.74, 6) is 1.23. The number of anilines is 1. The number of aromatic nitrogens is 1. The summed E-state index contributed by atoms with van der Waals surface area (Å²) in [5.41, 5.74) is 1.45. The molecule has 1 atom stereocenters. The molecule has 3 rings (SSSR count). The van der Waals surface area contributed by atoms with Crippen LogP contribution in [0.2, 0.25) is 0 Å². The van der Waals surface area contributed by atoms with Crippen molar-refractivity contribution in [1.29, 1.82) is 0 Å². The van der Waals surface area contributed by atoms with E-state index < -0.39 is 0 Å². The third-order valence-corrected chi connectivity index (χ3v) is 4.85. The fraction of sp³-hybridized carbons (Fsp3) is 0.706. The molecule has 0 spiro atoms. The lowest BCUT2D eigenvalue weighted by atomic mass is 10.0. The average molecular weight is 288 g/mol. The van der Waals surface area contributed by atoms with E-state index in [4.69, 9.17) is 4.98 Å². The van der Waals surface area contributed by atoms with E-state index in [9.17, 15) is 0 Å². The monoisotopic (exact) mass is 288 g/mol. The Bertz CT molecular complexity index is 454. The van der Waals surface area contributed by atoms with Crippen molar-refractivity contribution >= 4 is 5.82 Å². The Hall–Kier alpha value is -1.13. The predicted octanol–water partition coefficient (Wildman–Crippen LogP) is 2.38. The van der Waals surface area contributed by atoms with Gasteiger partial charge in [0.05, 0.1) is 0 Å². The molecule has 0 radical (unpaired) electrons. The van der Waals surface area contributed by atoms with Crippen LogP contribution in [0.4, 0.5) is 5.82 Å². The first kappa shape index (κ1) is 14.8. The minimum absolute atomic E-state index is 0.577. The predicted molar refractivity (Wildman–Crippen MR) is 87.8 cm³/mol. The molecule has 0 saturated carbocycles. The van der Waals surface area contributed by atoms with Crippen LogP contribution in [-0.2, 0) is 0 Å². The van der Waals surface area contributed by atoms with Crippen molar-refractivity contribution in [1.82, 2.24) is 14.8 Å². The number of likely N-dealkylation sites (N-methyl/N-ethyl adjacent to an activating group) is 1. The molecule has 0 N–H and O–H groups in total. The standard InChI is InChI=1S/C17H28N4/c1-3-9-20-10-5-7-16(20)15-6-4-8-18-17(15)21-13-11-19(2)12-14-21/h4,6,8,16H,3,5,7,9-14H2,1-2H3. The van der Waals surface area contributed by atoms with Gasteiger partial charge in [0.1, 0.15) is 5.82 Å². The minimum atomic E-state index is 0.577. The highest BCUT2D eigenvalue weighted by atomic mass is 15.3. The Kier molecular flexibility index (Phi) is 4.76. The van der Waals surface area contributed by atoms with E-state index in [0.29, 0.717) is 6.04 Å². The van der Waals surface area contributed by atoms with Gasteiger partial charge >= 0.3 is 0 Å². The van der Waals surface area contributed by atoms with Crippen LogP contribution in [0.3, 0.4) is 0 Å². The molecule has 4 heteroatoms. The van der Waals surface area contributed by atoms with Crippen LogP contribution in [-0.4, -0.2) is 61.1 Å². The van der Waals surface area contributed by atoms with Gasteiger partial charge in [-0.2, -0.15) is 0 Å². The molecule has 0 aromatic carbocycles. The Labute approximate surface area is 128 Å². The van der Waals surface area contributed by atoms with E-state index in [-0.39, 0.29) is 0 Å². The number of nitrogens with zero attached hydrogens (tertiary/aromatic N) is 4. The highest BCUT2D eigenvalue weighted by molar-refractivity contribution is 5.49. The first-order valence-electron chi connectivity index (χ1n) is 8.42. The lowest BCUT2D eigenvalue weighted by Gasteiger charge is -2.36. The van der Waals surface area contributed by atoms with Crippen LogP contribution < -0.4 is 4.90 Å². The molecule has 116 valence electrons. The molecule has 2 aliphatic heterocycles. The third-order valence-electron chi connectivity index (χ3n) is 4.85. The van der Waals surface area contributed by atoms with Gasteiger partial charge in [-0.1, -0.05) is 13.0 Å². The van der Waals surface area contributed by atoms with Crippen molar-refractivity contribution in [2.24, 2.45) is 0 Å². The van der Waals surface area contributed by atoms with E-state index in [0.717, 1.165) is 26.2 Å². The SMILES string of the molecule is CCCN1CCCC1c1cccnc1N1CCN(C)CC1. The van der Waals surface area contributed by atoms with E-state index in [1.807, 2.05) is 6.20 Å². The molecule has 2 aliphatic rings. The molecule has 0 bridgehead atoms. The summed E-state index contributed by atoms with van der Waals surface area (Å²) in [5, 5.41) is 0. The smallest absolute Gasteiger partial charge is 0.133 e. The molecule has 2 saturated heterocycles. The normalized spacial score (nSPS) is 24.7. The van der Waals surface area contributed by atoms with Crippen LogP contribution in [0.1, 0.15) is 37.8 Å². The third kappa shape index (κ3) is 3.22. The van der Waals surface area contributed by atoms with Crippen molar-refractivity contribution < 1.29 is 0 Å². The summed E-state index contributed by atoms with van der Waals surface area (Å²) < 4.78 is 0.